The number of carbonyl (C=O) groups is 2. The van der Waals surface area contributed by atoms with Gasteiger partial charge in [0, 0.05) is 0 Å². The highest BCUT2D eigenvalue weighted by molar-refractivity contribution is 7.39. The second kappa shape index (κ2) is 11.5. The molecular weight excluding hydrogens is 397 g/mol. The average molecular weight is 421 g/mol. The number of carboxylic acid groups (broad SMARTS) is 1. The molecule has 2 aromatic rings. The summed E-state index contributed by atoms with van der Waals surface area (Å²) >= 11 is 0. The molecule has 0 saturated heterocycles. The lowest BCUT2D eigenvalue weighted by Crippen LogP contribution is -2.49. The number of amides is 1. The number of hydrogen-bond acceptors (Lipinski definition) is 6. The SMILES string of the molecule is CC(C(=O)O)C(OP(O)O)C(Cc1ccccc1)NC(=O)OCc1ccccc1. The molecule has 3 unspecified atom stereocenters. The van der Waals surface area contributed by atoms with E-state index in [-0.39, 0.29) is 13.0 Å². The number of ether oxygens (including phenoxy) is 1. The molecule has 4 N–H and O–H groups in total. The molecule has 0 spiro atoms. The number of carbonyl (C=O) groups excluding carboxylic acids is 1. The van der Waals surface area contributed by atoms with Gasteiger partial charge >= 0.3 is 20.7 Å². The summed E-state index contributed by atoms with van der Waals surface area (Å²) in [6.45, 7) is 1.41. The van der Waals surface area contributed by atoms with E-state index in [0.29, 0.717) is 0 Å². The molecule has 9 heteroatoms. The van der Waals surface area contributed by atoms with Crippen molar-refractivity contribution in [2.45, 2.75) is 32.1 Å². The summed E-state index contributed by atoms with van der Waals surface area (Å²) < 4.78 is 10.3. The van der Waals surface area contributed by atoms with Crippen molar-refractivity contribution in [2.24, 2.45) is 5.92 Å². The molecule has 0 aromatic heterocycles. The van der Waals surface area contributed by atoms with Crippen molar-refractivity contribution in [2.75, 3.05) is 0 Å². The van der Waals surface area contributed by atoms with E-state index in [0.717, 1.165) is 11.1 Å². The van der Waals surface area contributed by atoms with Crippen LogP contribution in [0.5, 0.6) is 0 Å². The van der Waals surface area contributed by atoms with Gasteiger partial charge in [0.05, 0.1) is 12.0 Å². The molecule has 156 valence electrons. The molecule has 0 bridgehead atoms. The van der Waals surface area contributed by atoms with Crippen LogP contribution < -0.4 is 5.32 Å². The Hall–Kier alpha value is -2.51. The van der Waals surface area contributed by atoms with Gasteiger partial charge in [0.1, 0.15) is 12.7 Å². The molecule has 0 fully saturated rings. The van der Waals surface area contributed by atoms with E-state index >= 15 is 0 Å². The Balaban J connectivity index is 2.15. The smallest absolute Gasteiger partial charge is 0.407 e. The van der Waals surface area contributed by atoms with Crippen LogP contribution in [0.2, 0.25) is 0 Å². The molecule has 0 heterocycles. The van der Waals surface area contributed by atoms with E-state index in [9.17, 15) is 24.5 Å². The van der Waals surface area contributed by atoms with Crippen LogP contribution >= 0.6 is 8.60 Å². The Bertz CT molecular complexity index is 773. The first-order valence-corrected chi connectivity index (χ1v) is 10.1. The van der Waals surface area contributed by atoms with Crippen molar-refractivity contribution in [3.8, 4) is 0 Å². The third kappa shape index (κ3) is 7.79. The van der Waals surface area contributed by atoms with Gasteiger partial charge in [-0.15, -0.1) is 0 Å². The lowest BCUT2D eigenvalue weighted by atomic mass is 9.93. The quantitative estimate of drug-likeness (QED) is 0.435. The number of alkyl carbamates (subject to hydrolysis) is 1. The lowest BCUT2D eigenvalue weighted by molar-refractivity contribution is -0.145. The predicted molar refractivity (Wildman–Crippen MR) is 107 cm³/mol. The van der Waals surface area contributed by atoms with Gasteiger partial charge in [-0.1, -0.05) is 60.7 Å². The Labute approximate surface area is 170 Å². The molecule has 0 aliphatic carbocycles. The zero-order valence-electron chi connectivity index (χ0n) is 15.8. The fourth-order valence-electron chi connectivity index (χ4n) is 2.80. The van der Waals surface area contributed by atoms with E-state index in [1.807, 2.05) is 48.5 Å². The van der Waals surface area contributed by atoms with Crippen molar-refractivity contribution in [1.82, 2.24) is 5.32 Å². The van der Waals surface area contributed by atoms with Crippen molar-refractivity contribution in [1.29, 1.82) is 0 Å². The van der Waals surface area contributed by atoms with E-state index in [4.69, 9.17) is 9.26 Å². The molecule has 29 heavy (non-hydrogen) atoms. The molecular formula is C20H24NO7P. The summed E-state index contributed by atoms with van der Waals surface area (Å²) in [7, 11) is -2.83. The molecule has 2 aromatic carbocycles. The zero-order valence-corrected chi connectivity index (χ0v) is 16.7. The normalized spacial score (nSPS) is 14.1. The average Bonchev–Trinajstić information content (AvgIpc) is 2.71. The number of hydrogen-bond donors (Lipinski definition) is 4. The van der Waals surface area contributed by atoms with Crippen LogP contribution in [0, 0.1) is 5.92 Å². The molecule has 2 rings (SSSR count). The molecule has 0 saturated carbocycles. The highest BCUT2D eigenvalue weighted by Gasteiger charge is 2.35. The molecule has 8 nitrogen and oxygen atoms in total. The highest BCUT2D eigenvalue weighted by atomic mass is 31.2. The van der Waals surface area contributed by atoms with E-state index in [2.05, 4.69) is 5.32 Å². The van der Waals surface area contributed by atoms with Gasteiger partial charge in [-0.2, -0.15) is 0 Å². The summed E-state index contributed by atoms with van der Waals surface area (Å²) in [4.78, 5) is 42.5. The number of rotatable bonds is 10. The molecule has 0 radical (unpaired) electrons. The highest BCUT2D eigenvalue weighted by Crippen LogP contribution is 2.32. The second-order valence-electron chi connectivity index (χ2n) is 6.45. The predicted octanol–water partition coefficient (Wildman–Crippen LogP) is 2.84. The molecule has 3 atom stereocenters. The summed E-state index contributed by atoms with van der Waals surface area (Å²) in [6, 6.07) is 17.3. The van der Waals surface area contributed by atoms with Crippen LogP contribution in [0.3, 0.4) is 0 Å². The maximum atomic E-state index is 12.3. The van der Waals surface area contributed by atoms with Crippen LogP contribution in [0.1, 0.15) is 18.1 Å². The van der Waals surface area contributed by atoms with Crippen LogP contribution in [-0.2, 0) is 27.1 Å². The van der Waals surface area contributed by atoms with Gasteiger partial charge in [0.15, 0.2) is 0 Å². The third-order valence-corrected chi connectivity index (χ3v) is 4.74. The van der Waals surface area contributed by atoms with Crippen LogP contribution in [-0.4, -0.2) is 39.1 Å². The van der Waals surface area contributed by atoms with Crippen molar-refractivity contribution in [3.05, 3.63) is 71.8 Å². The summed E-state index contributed by atoms with van der Waals surface area (Å²) in [6.07, 6.45) is -1.73. The van der Waals surface area contributed by atoms with Crippen LogP contribution in [0.15, 0.2) is 60.7 Å². The van der Waals surface area contributed by atoms with Gasteiger partial charge in [-0.05, 0) is 24.5 Å². The molecule has 1 amide bonds. The first-order chi connectivity index (χ1) is 13.9. The fourth-order valence-corrected chi connectivity index (χ4v) is 3.34. The van der Waals surface area contributed by atoms with Gasteiger partial charge < -0.3 is 29.5 Å². The monoisotopic (exact) mass is 421 g/mol. The minimum absolute atomic E-state index is 0.0391. The number of carboxylic acids is 1. The van der Waals surface area contributed by atoms with Crippen LogP contribution in [0.4, 0.5) is 4.79 Å². The first-order valence-electron chi connectivity index (χ1n) is 8.95. The number of benzene rings is 2. The Morgan fingerprint density at radius 3 is 2.07 bits per heavy atom. The lowest BCUT2D eigenvalue weighted by Gasteiger charge is -2.30. The summed E-state index contributed by atoms with van der Waals surface area (Å²) in [5, 5.41) is 12.0. The summed E-state index contributed by atoms with van der Waals surface area (Å²) in [5.74, 6) is -2.30. The maximum absolute atomic E-state index is 12.3. The van der Waals surface area contributed by atoms with Crippen molar-refractivity contribution < 1.29 is 33.7 Å². The Morgan fingerprint density at radius 1 is 1.00 bits per heavy atom. The molecule has 0 aliphatic heterocycles. The van der Waals surface area contributed by atoms with Gasteiger partial charge in [-0.3, -0.25) is 4.79 Å². The third-order valence-electron chi connectivity index (χ3n) is 4.31. The Morgan fingerprint density at radius 2 is 1.55 bits per heavy atom. The topological polar surface area (TPSA) is 125 Å². The zero-order chi connectivity index (χ0) is 21.2. The largest absolute Gasteiger partial charge is 0.481 e. The molecule has 0 aliphatic rings. The first kappa shape index (κ1) is 22.8. The maximum Gasteiger partial charge on any atom is 0.407 e. The van der Waals surface area contributed by atoms with Crippen LogP contribution in [0.25, 0.3) is 0 Å². The van der Waals surface area contributed by atoms with Crippen molar-refractivity contribution in [3.63, 3.8) is 0 Å². The fraction of sp³-hybridized carbons (Fsp3) is 0.300. The van der Waals surface area contributed by atoms with Gasteiger partial charge in [0.2, 0.25) is 0 Å². The van der Waals surface area contributed by atoms with E-state index in [1.165, 1.54) is 6.92 Å². The number of nitrogens with one attached hydrogen (secondary N) is 1. The van der Waals surface area contributed by atoms with Gasteiger partial charge in [-0.25, -0.2) is 4.79 Å². The summed E-state index contributed by atoms with van der Waals surface area (Å²) in [5.41, 5.74) is 1.61. The minimum atomic E-state index is -2.83. The standard InChI is InChI=1S/C20H24NO7P/c1-14(19(22)23)18(28-29(25)26)17(12-15-8-4-2-5-9-15)21-20(24)27-13-16-10-6-3-7-11-16/h2-11,14,17-18,25-26H,12-13H2,1H3,(H,21,24)(H,22,23). The number of aliphatic carboxylic acids is 1. The van der Waals surface area contributed by atoms with E-state index in [1.54, 1.807) is 12.1 Å². The van der Waals surface area contributed by atoms with Gasteiger partial charge in [0.25, 0.3) is 0 Å². The Kier molecular flexibility index (Phi) is 9.02. The van der Waals surface area contributed by atoms with Crippen molar-refractivity contribution >= 4 is 20.7 Å². The van der Waals surface area contributed by atoms with E-state index < -0.39 is 38.7 Å². The minimum Gasteiger partial charge on any atom is -0.481 e. The second-order valence-corrected chi connectivity index (χ2v) is 7.17.